The molecule has 0 aliphatic carbocycles. The lowest BCUT2D eigenvalue weighted by Crippen LogP contribution is -2.16. The van der Waals surface area contributed by atoms with E-state index in [2.05, 4.69) is 5.73 Å². The fourth-order valence-corrected chi connectivity index (χ4v) is 1.08. The second-order valence-electron chi connectivity index (χ2n) is 1.87. The molecule has 0 saturated carbocycles. The van der Waals surface area contributed by atoms with Crippen LogP contribution in [0.5, 0.6) is 0 Å². The van der Waals surface area contributed by atoms with Crippen molar-refractivity contribution in [2.24, 2.45) is 5.73 Å². The van der Waals surface area contributed by atoms with Gasteiger partial charge in [0.15, 0.2) is 6.29 Å². The number of aliphatic hydroxyl groups is 2. The third-order valence-electron chi connectivity index (χ3n) is 0.873. The number of carbonyl (C=O) groups is 1. The Balaban J connectivity index is 4.95. The highest BCUT2D eigenvalue weighted by Crippen LogP contribution is 2.44. The highest BCUT2D eigenvalue weighted by molar-refractivity contribution is 7.58. The van der Waals surface area contributed by atoms with Crippen molar-refractivity contribution in [3.05, 3.63) is 11.4 Å². The number of nitrogens with two attached hydrogens (primary N) is 1. The number of hydrogen-bond acceptors (Lipinski definition) is 4. The van der Waals surface area contributed by atoms with Gasteiger partial charge in [-0.15, -0.1) is 0 Å². The molecule has 0 aromatic heterocycles. The van der Waals surface area contributed by atoms with E-state index >= 15 is 0 Å². The SMILES string of the molecule is NC(=O)C(=CC(O)O)P(=O)(O)O. The van der Waals surface area contributed by atoms with Crippen LogP contribution in [0.2, 0.25) is 0 Å². The second-order valence-corrected chi connectivity index (χ2v) is 3.44. The van der Waals surface area contributed by atoms with Crippen LogP contribution in [-0.4, -0.2) is 32.2 Å². The highest BCUT2D eigenvalue weighted by Gasteiger charge is 2.26. The van der Waals surface area contributed by atoms with Crippen LogP contribution in [-0.2, 0) is 9.36 Å². The predicted molar refractivity (Wildman–Crippen MR) is 37.5 cm³/mol. The molecule has 0 radical (unpaired) electrons. The van der Waals surface area contributed by atoms with Crippen LogP contribution in [0.3, 0.4) is 0 Å². The molecule has 0 aliphatic rings. The molecule has 0 bridgehead atoms. The van der Waals surface area contributed by atoms with Gasteiger partial charge in [-0.05, 0) is 6.08 Å². The zero-order valence-electron chi connectivity index (χ0n) is 5.78. The van der Waals surface area contributed by atoms with Crippen molar-refractivity contribution in [2.75, 3.05) is 0 Å². The molecule has 1 amide bonds. The number of carbonyl (C=O) groups excluding carboxylic acids is 1. The normalized spacial score (nSPS) is 13.6. The number of rotatable bonds is 3. The minimum absolute atomic E-state index is 0.281. The summed E-state index contributed by atoms with van der Waals surface area (Å²) in [4.78, 5) is 27.2. The van der Waals surface area contributed by atoms with Crippen molar-refractivity contribution in [1.29, 1.82) is 0 Å². The molecule has 0 unspecified atom stereocenters. The molecule has 0 saturated heterocycles. The van der Waals surface area contributed by atoms with Gasteiger partial charge in [-0.1, -0.05) is 0 Å². The van der Waals surface area contributed by atoms with Gasteiger partial charge in [0.25, 0.3) is 5.91 Å². The lowest BCUT2D eigenvalue weighted by Gasteiger charge is -2.05. The smallest absolute Gasteiger partial charge is 0.361 e. The average molecular weight is 197 g/mol. The minimum atomic E-state index is -4.82. The summed E-state index contributed by atoms with van der Waals surface area (Å²) in [5.41, 5.74) is 4.55. The van der Waals surface area contributed by atoms with Gasteiger partial charge in [0.1, 0.15) is 5.31 Å². The van der Waals surface area contributed by atoms with Crippen molar-refractivity contribution in [2.45, 2.75) is 6.29 Å². The lowest BCUT2D eigenvalue weighted by atomic mass is 10.4. The van der Waals surface area contributed by atoms with E-state index in [-0.39, 0.29) is 6.08 Å². The molecule has 6 N–H and O–H groups in total. The van der Waals surface area contributed by atoms with E-state index in [9.17, 15) is 9.36 Å². The molecule has 0 spiro atoms. The Morgan fingerprint density at radius 3 is 1.92 bits per heavy atom. The third-order valence-corrected chi connectivity index (χ3v) is 1.87. The lowest BCUT2D eigenvalue weighted by molar-refractivity contribution is -0.114. The van der Waals surface area contributed by atoms with Crippen LogP contribution in [0, 0.1) is 0 Å². The molecule has 0 rings (SSSR count). The Morgan fingerprint density at radius 2 is 1.83 bits per heavy atom. The van der Waals surface area contributed by atoms with Crippen molar-refractivity contribution >= 4 is 13.5 Å². The molecule has 0 atom stereocenters. The van der Waals surface area contributed by atoms with E-state index in [1.807, 2.05) is 0 Å². The van der Waals surface area contributed by atoms with Gasteiger partial charge in [-0.25, -0.2) is 0 Å². The summed E-state index contributed by atoms with van der Waals surface area (Å²) < 4.78 is 10.4. The largest absolute Gasteiger partial charge is 0.365 e. The molecule has 0 aliphatic heterocycles. The molecule has 0 aromatic rings. The van der Waals surface area contributed by atoms with E-state index in [0.29, 0.717) is 0 Å². The monoisotopic (exact) mass is 197 g/mol. The first-order valence-corrected chi connectivity index (χ1v) is 4.30. The van der Waals surface area contributed by atoms with Gasteiger partial charge >= 0.3 is 7.60 Å². The summed E-state index contributed by atoms with van der Waals surface area (Å²) in [6.07, 6.45) is -1.84. The maximum atomic E-state index is 10.4. The van der Waals surface area contributed by atoms with Crippen LogP contribution in [0.15, 0.2) is 11.4 Å². The highest BCUT2D eigenvalue weighted by atomic mass is 31.2. The van der Waals surface area contributed by atoms with Crippen LogP contribution >= 0.6 is 7.60 Å². The number of primary amides is 1. The Labute approximate surface area is 67.3 Å². The van der Waals surface area contributed by atoms with Gasteiger partial charge in [0.2, 0.25) is 0 Å². The number of hydrogen-bond donors (Lipinski definition) is 5. The van der Waals surface area contributed by atoms with E-state index in [1.54, 1.807) is 0 Å². The number of aliphatic hydroxyl groups excluding tert-OH is 1. The van der Waals surface area contributed by atoms with Crippen molar-refractivity contribution in [3.63, 3.8) is 0 Å². The van der Waals surface area contributed by atoms with Gasteiger partial charge < -0.3 is 25.7 Å². The van der Waals surface area contributed by atoms with E-state index in [1.165, 1.54) is 0 Å². The first-order chi connectivity index (χ1) is 5.25. The average Bonchev–Trinajstić information content (AvgIpc) is 1.79. The quantitative estimate of drug-likeness (QED) is 0.198. The van der Waals surface area contributed by atoms with Crippen LogP contribution < -0.4 is 5.73 Å². The third kappa shape index (κ3) is 3.61. The summed E-state index contributed by atoms with van der Waals surface area (Å²) in [6, 6.07) is 0. The van der Waals surface area contributed by atoms with E-state index in [0.717, 1.165) is 0 Å². The molecular formula is C4H8NO6P. The van der Waals surface area contributed by atoms with E-state index in [4.69, 9.17) is 20.0 Å². The Kier molecular flexibility index (Phi) is 3.56. The van der Waals surface area contributed by atoms with Crippen molar-refractivity contribution in [3.8, 4) is 0 Å². The Hall–Kier alpha value is -0.720. The molecule has 0 aromatic carbocycles. The molecule has 8 heteroatoms. The van der Waals surface area contributed by atoms with Crippen LogP contribution in [0.1, 0.15) is 0 Å². The summed E-state index contributed by atoms with van der Waals surface area (Å²) in [6.45, 7) is 0. The summed E-state index contributed by atoms with van der Waals surface area (Å²) in [5, 5.41) is 15.4. The maximum absolute atomic E-state index is 10.4. The standard InChI is InChI=1S/C4H8NO6P/c5-4(8)2(1-3(6)7)12(9,10)11/h1,3,6-7H,(H2,5,8)(H2,9,10,11). The second kappa shape index (κ2) is 3.79. The molecule has 7 nitrogen and oxygen atoms in total. The fourth-order valence-electron chi connectivity index (χ4n) is 0.464. The van der Waals surface area contributed by atoms with Gasteiger partial charge in [0.05, 0.1) is 0 Å². The topological polar surface area (TPSA) is 141 Å². The first-order valence-electron chi connectivity index (χ1n) is 2.69. The summed E-state index contributed by atoms with van der Waals surface area (Å²) in [5.74, 6) is -1.39. The molecule has 12 heavy (non-hydrogen) atoms. The van der Waals surface area contributed by atoms with Crippen molar-refractivity contribution < 1.29 is 29.4 Å². The minimum Gasteiger partial charge on any atom is -0.365 e. The molecule has 0 fully saturated rings. The predicted octanol–water partition coefficient (Wildman–Crippen LogP) is -2.16. The van der Waals surface area contributed by atoms with E-state index < -0.39 is 25.1 Å². The fraction of sp³-hybridized carbons (Fsp3) is 0.250. The molecule has 0 heterocycles. The van der Waals surface area contributed by atoms with Gasteiger partial charge in [-0.3, -0.25) is 9.36 Å². The maximum Gasteiger partial charge on any atom is 0.361 e. The number of amides is 1. The molecular weight excluding hydrogens is 189 g/mol. The van der Waals surface area contributed by atoms with Crippen LogP contribution in [0.4, 0.5) is 0 Å². The molecule has 70 valence electrons. The zero-order chi connectivity index (χ0) is 9.94. The zero-order valence-corrected chi connectivity index (χ0v) is 6.68. The Bertz CT molecular complexity index is 252. The Morgan fingerprint density at radius 1 is 1.42 bits per heavy atom. The van der Waals surface area contributed by atoms with Crippen LogP contribution in [0.25, 0.3) is 0 Å². The summed E-state index contributed by atoms with van der Waals surface area (Å²) in [7, 11) is -4.82. The van der Waals surface area contributed by atoms with Crippen molar-refractivity contribution in [1.82, 2.24) is 0 Å². The van der Waals surface area contributed by atoms with Gasteiger partial charge in [-0.2, -0.15) is 0 Å². The summed E-state index contributed by atoms with van der Waals surface area (Å²) >= 11 is 0. The first kappa shape index (κ1) is 11.3. The van der Waals surface area contributed by atoms with Gasteiger partial charge in [0, 0.05) is 0 Å².